The topological polar surface area (TPSA) is 72.8 Å². The summed E-state index contributed by atoms with van der Waals surface area (Å²) in [5.74, 6) is -0.445. The fourth-order valence-corrected chi connectivity index (χ4v) is 3.46. The van der Waals surface area contributed by atoms with Gasteiger partial charge in [-0.25, -0.2) is 0 Å². The first-order chi connectivity index (χ1) is 10.2. The molecule has 6 heteroatoms. The maximum absolute atomic E-state index is 12.6. The minimum atomic E-state index is -1.44. The Kier molecular flexibility index (Phi) is 4.28. The van der Waals surface area contributed by atoms with Crippen molar-refractivity contribution in [2.45, 2.75) is 43.7 Å². The molecule has 0 saturated carbocycles. The van der Waals surface area contributed by atoms with Crippen LogP contribution in [0.5, 0.6) is 0 Å². The van der Waals surface area contributed by atoms with Crippen LogP contribution < -0.4 is 5.32 Å². The molecular weight excluding hydrogens is 267 g/mol. The molecule has 21 heavy (non-hydrogen) atoms. The molecule has 1 amide bonds. The molecule has 2 saturated heterocycles. The number of carbonyl (C=O) groups is 1. The summed E-state index contributed by atoms with van der Waals surface area (Å²) in [6.45, 7) is 0.620. The monoisotopic (exact) mass is 288 g/mol. The fraction of sp³-hybridized carbons (Fsp3) is 0.533. The summed E-state index contributed by atoms with van der Waals surface area (Å²) in [5, 5.41) is 22.2. The molecule has 5 nitrogen and oxygen atoms in total. The highest BCUT2D eigenvalue weighted by Gasteiger charge is 2.41. The molecule has 0 bridgehead atoms. The van der Waals surface area contributed by atoms with Crippen LogP contribution in [-0.4, -0.2) is 46.5 Å². The number of nitrogens with zero attached hydrogens (tertiary/aromatic N) is 1. The van der Waals surface area contributed by atoms with E-state index in [2.05, 4.69) is 17.4 Å². The molecule has 3 N–H and O–H groups in total. The Morgan fingerprint density at radius 1 is 1.19 bits per heavy atom. The molecule has 2 aliphatic rings. The second-order valence-electron chi connectivity index (χ2n) is 5.91. The molecule has 3 rings (SSSR count). The smallest absolute Gasteiger partial charge is 0.426 e. The van der Waals surface area contributed by atoms with E-state index in [9.17, 15) is 14.8 Å². The Morgan fingerprint density at radius 3 is 2.67 bits per heavy atom. The van der Waals surface area contributed by atoms with Crippen LogP contribution in [-0.2, 0) is 4.79 Å². The van der Waals surface area contributed by atoms with E-state index in [1.165, 1.54) is 5.56 Å². The van der Waals surface area contributed by atoms with Crippen LogP contribution in [0.25, 0.3) is 0 Å². The highest BCUT2D eigenvalue weighted by molar-refractivity contribution is 6.43. The Labute approximate surface area is 125 Å². The summed E-state index contributed by atoms with van der Waals surface area (Å²) in [6, 6.07) is 10.1. The molecule has 112 valence electrons. The lowest BCUT2D eigenvalue weighted by molar-refractivity contribution is -0.133. The number of likely N-dealkylation sites (tertiary alicyclic amines) is 1. The minimum Gasteiger partial charge on any atom is -0.426 e. The lowest BCUT2D eigenvalue weighted by Gasteiger charge is -2.27. The molecule has 2 heterocycles. The highest BCUT2D eigenvalue weighted by Crippen LogP contribution is 2.29. The van der Waals surface area contributed by atoms with Gasteiger partial charge in [-0.2, -0.15) is 0 Å². The molecule has 2 fully saturated rings. The number of hydrogen-bond donors (Lipinski definition) is 3. The second kappa shape index (κ2) is 6.18. The zero-order valence-corrected chi connectivity index (χ0v) is 12.0. The number of amides is 1. The Bertz CT molecular complexity index is 497. The van der Waals surface area contributed by atoms with E-state index in [1.807, 2.05) is 18.2 Å². The van der Waals surface area contributed by atoms with Crippen molar-refractivity contribution >= 4 is 13.0 Å². The molecule has 3 atom stereocenters. The van der Waals surface area contributed by atoms with Crippen LogP contribution in [0.1, 0.15) is 37.3 Å². The van der Waals surface area contributed by atoms with Gasteiger partial charge in [0.25, 0.3) is 0 Å². The van der Waals surface area contributed by atoms with Gasteiger partial charge < -0.3 is 14.9 Å². The van der Waals surface area contributed by atoms with Gasteiger partial charge in [-0.05, 0) is 31.2 Å². The molecule has 0 unspecified atom stereocenters. The van der Waals surface area contributed by atoms with Crippen LogP contribution in [0.15, 0.2) is 30.3 Å². The predicted octanol–water partition coefficient (Wildman–Crippen LogP) is 0.483. The van der Waals surface area contributed by atoms with Crippen molar-refractivity contribution in [3.63, 3.8) is 0 Å². The van der Waals surface area contributed by atoms with Gasteiger partial charge in [0.15, 0.2) is 0 Å². The Balaban J connectivity index is 1.65. The van der Waals surface area contributed by atoms with E-state index in [0.717, 1.165) is 19.3 Å². The van der Waals surface area contributed by atoms with Crippen LogP contribution in [0.4, 0.5) is 0 Å². The summed E-state index contributed by atoms with van der Waals surface area (Å²) in [5.41, 5.74) is 1.20. The quantitative estimate of drug-likeness (QED) is 0.708. The molecule has 0 aromatic heterocycles. The summed E-state index contributed by atoms with van der Waals surface area (Å²) in [6.07, 6.45) is 3.23. The zero-order valence-electron chi connectivity index (χ0n) is 12.0. The highest BCUT2D eigenvalue weighted by atomic mass is 16.4. The summed E-state index contributed by atoms with van der Waals surface area (Å²) >= 11 is 0. The Morgan fingerprint density at radius 2 is 1.95 bits per heavy atom. The van der Waals surface area contributed by atoms with Crippen molar-refractivity contribution < 1.29 is 14.8 Å². The van der Waals surface area contributed by atoms with Crippen molar-refractivity contribution in [2.75, 3.05) is 6.54 Å². The van der Waals surface area contributed by atoms with E-state index < -0.39 is 13.1 Å². The van der Waals surface area contributed by atoms with Gasteiger partial charge in [0, 0.05) is 12.6 Å². The summed E-state index contributed by atoms with van der Waals surface area (Å²) in [4.78, 5) is 14.2. The van der Waals surface area contributed by atoms with Crippen molar-refractivity contribution in [1.82, 2.24) is 10.2 Å². The SMILES string of the molecule is O=C([C@@H]1CC[C@H](c2ccccc2)N1)N1CCC[C@H]1B(O)O. The molecule has 0 aliphatic carbocycles. The van der Waals surface area contributed by atoms with E-state index >= 15 is 0 Å². The number of hydrogen-bond acceptors (Lipinski definition) is 4. The third-order valence-corrected chi connectivity index (χ3v) is 4.57. The van der Waals surface area contributed by atoms with Crippen LogP contribution in [0.3, 0.4) is 0 Å². The maximum Gasteiger partial charge on any atom is 0.475 e. The van der Waals surface area contributed by atoms with E-state index in [4.69, 9.17) is 0 Å². The minimum absolute atomic E-state index is 0.00373. The first-order valence-electron chi connectivity index (χ1n) is 7.64. The lowest BCUT2D eigenvalue weighted by atomic mass is 9.77. The second-order valence-corrected chi connectivity index (χ2v) is 5.91. The van der Waals surface area contributed by atoms with Gasteiger partial charge in [-0.15, -0.1) is 0 Å². The van der Waals surface area contributed by atoms with Gasteiger partial charge in [0.05, 0.1) is 12.0 Å². The van der Waals surface area contributed by atoms with Crippen molar-refractivity contribution in [3.05, 3.63) is 35.9 Å². The van der Waals surface area contributed by atoms with E-state index in [-0.39, 0.29) is 18.0 Å². The number of nitrogens with one attached hydrogen (secondary N) is 1. The fourth-order valence-electron chi connectivity index (χ4n) is 3.46. The molecule has 1 aromatic rings. The third kappa shape index (κ3) is 2.97. The third-order valence-electron chi connectivity index (χ3n) is 4.57. The van der Waals surface area contributed by atoms with Crippen LogP contribution in [0, 0.1) is 0 Å². The van der Waals surface area contributed by atoms with Gasteiger partial charge >= 0.3 is 7.12 Å². The number of benzene rings is 1. The molecular formula is C15H21BN2O3. The van der Waals surface area contributed by atoms with Crippen molar-refractivity contribution in [1.29, 1.82) is 0 Å². The average Bonchev–Trinajstić information content (AvgIpc) is 3.17. The molecule has 2 aliphatic heterocycles. The van der Waals surface area contributed by atoms with Crippen LogP contribution in [0.2, 0.25) is 0 Å². The van der Waals surface area contributed by atoms with Crippen molar-refractivity contribution in [2.24, 2.45) is 0 Å². The van der Waals surface area contributed by atoms with Gasteiger partial charge in [-0.3, -0.25) is 10.1 Å². The summed E-state index contributed by atoms with van der Waals surface area (Å²) < 4.78 is 0. The van der Waals surface area contributed by atoms with Gasteiger partial charge in [0.1, 0.15) is 0 Å². The van der Waals surface area contributed by atoms with E-state index in [0.29, 0.717) is 13.0 Å². The standard InChI is InChI=1S/C15H21BN2O3/c19-15(18-10-4-7-14(18)16(20)21)13-9-8-12(17-13)11-5-2-1-3-6-11/h1-3,5-6,12-14,17,20-21H,4,7-10H2/t12-,13+,14+/m1/s1. The largest absolute Gasteiger partial charge is 0.475 e. The van der Waals surface area contributed by atoms with Gasteiger partial charge in [0.2, 0.25) is 5.91 Å². The number of carbonyl (C=O) groups excluding carboxylic acids is 1. The predicted molar refractivity (Wildman–Crippen MR) is 80.3 cm³/mol. The normalized spacial score (nSPS) is 28.9. The maximum atomic E-state index is 12.6. The zero-order chi connectivity index (χ0) is 14.8. The first kappa shape index (κ1) is 14.6. The first-order valence-corrected chi connectivity index (χ1v) is 7.64. The lowest BCUT2D eigenvalue weighted by Crippen LogP contribution is -2.51. The Hall–Kier alpha value is -1.37. The van der Waals surface area contributed by atoms with E-state index in [1.54, 1.807) is 4.90 Å². The van der Waals surface area contributed by atoms with Crippen LogP contribution >= 0.6 is 0 Å². The van der Waals surface area contributed by atoms with Gasteiger partial charge in [-0.1, -0.05) is 30.3 Å². The number of rotatable bonds is 3. The summed E-state index contributed by atoms with van der Waals surface area (Å²) in [7, 11) is -1.44. The molecule has 0 spiro atoms. The average molecular weight is 288 g/mol. The van der Waals surface area contributed by atoms with Crippen molar-refractivity contribution in [3.8, 4) is 0 Å². The molecule has 0 radical (unpaired) electrons. The molecule has 1 aromatic carbocycles.